The number of morpholine rings is 1. The van der Waals surface area contributed by atoms with Crippen molar-refractivity contribution in [1.29, 1.82) is 0 Å². The SMILES string of the molecule is Cc1ccc(N(C(=O)c2cc(-c3cc4c(cc3C(=O)N3Cc5ccccc5C[C@H]3CN3CCOCC3)OCO4)n(C)c2C)c2ccc(O)cc2)cc1F. The number of halogens is 1. The molecule has 0 unspecified atom stereocenters. The lowest BCUT2D eigenvalue weighted by Crippen LogP contribution is -2.52. The number of phenolic OH excluding ortho intramolecular Hbond substituents is 1. The Morgan fingerprint density at radius 2 is 1.57 bits per heavy atom. The van der Waals surface area contributed by atoms with Crippen molar-refractivity contribution in [1.82, 2.24) is 14.4 Å². The number of aryl methyl sites for hydroxylation is 1. The largest absolute Gasteiger partial charge is 0.508 e. The molecule has 1 atom stereocenters. The lowest BCUT2D eigenvalue weighted by atomic mass is 9.92. The number of aromatic hydroxyl groups is 1. The highest BCUT2D eigenvalue weighted by atomic mass is 19.1. The van der Waals surface area contributed by atoms with Crippen molar-refractivity contribution >= 4 is 23.2 Å². The maximum absolute atomic E-state index is 15.0. The Balaban J connectivity index is 1.21. The van der Waals surface area contributed by atoms with Crippen LogP contribution in [0, 0.1) is 19.7 Å². The maximum Gasteiger partial charge on any atom is 0.264 e. The molecule has 1 N–H and O–H groups in total. The summed E-state index contributed by atoms with van der Waals surface area (Å²) in [5.74, 6) is 0.0576. The van der Waals surface area contributed by atoms with E-state index in [0.717, 1.165) is 31.6 Å². The Hall–Kier alpha value is -5.65. The van der Waals surface area contributed by atoms with E-state index in [1.807, 2.05) is 41.6 Å². The highest BCUT2D eigenvalue weighted by Crippen LogP contribution is 2.42. The third-order valence-corrected chi connectivity index (χ3v) is 10.7. The van der Waals surface area contributed by atoms with Crippen molar-refractivity contribution in [3.63, 3.8) is 0 Å². The van der Waals surface area contributed by atoms with Gasteiger partial charge in [0.05, 0.1) is 30.0 Å². The molecule has 8 rings (SSSR count). The Bertz CT molecular complexity index is 2210. The average Bonchev–Trinajstić information content (AvgIpc) is 3.76. The van der Waals surface area contributed by atoms with Gasteiger partial charge in [-0.1, -0.05) is 30.3 Å². The summed E-state index contributed by atoms with van der Waals surface area (Å²) < 4.78 is 34.0. The predicted molar refractivity (Wildman–Crippen MR) is 198 cm³/mol. The third-order valence-electron chi connectivity index (χ3n) is 10.7. The van der Waals surface area contributed by atoms with Crippen molar-refractivity contribution < 1.29 is 33.3 Å². The number of fused-ring (bicyclic) bond motifs is 2. The first-order valence-electron chi connectivity index (χ1n) is 17.8. The molecule has 1 fully saturated rings. The van der Waals surface area contributed by atoms with E-state index < -0.39 is 11.7 Å². The van der Waals surface area contributed by atoms with Crippen molar-refractivity contribution in [2.45, 2.75) is 32.9 Å². The van der Waals surface area contributed by atoms with Crippen LogP contribution in [0.5, 0.6) is 17.2 Å². The van der Waals surface area contributed by atoms with Gasteiger partial charge in [0.2, 0.25) is 6.79 Å². The second-order valence-electron chi connectivity index (χ2n) is 13.9. The van der Waals surface area contributed by atoms with Crippen molar-refractivity contribution in [3.8, 4) is 28.5 Å². The van der Waals surface area contributed by atoms with Gasteiger partial charge in [0, 0.05) is 61.9 Å². The molecule has 272 valence electrons. The Morgan fingerprint density at radius 3 is 2.30 bits per heavy atom. The van der Waals surface area contributed by atoms with Crippen LogP contribution in [0.2, 0.25) is 0 Å². The molecule has 1 aromatic heterocycles. The minimum Gasteiger partial charge on any atom is -0.508 e. The zero-order valence-corrected chi connectivity index (χ0v) is 30.0. The van der Waals surface area contributed by atoms with Crippen LogP contribution in [-0.2, 0) is 24.8 Å². The number of ether oxygens (including phenoxy) is 3. The fraction of sp³-hybridized carbons (Fsp3) is 0.286. The summed E-state index contributed by atoms with van der Waals surface area (Å²) >= 11 is 0. The van der Waals surface area contributed by atoms with Gasteiger partial charge in [-0.25, -0.2) is 4.39 Å². The number of carbonyl (C=O) groups excluding carboxylic acids is 2. The van der Waals surface area contributed by atoms with E-state index in [1.165, 1.54) is 28.7 Å². The minimum atomic E-state index is -0.444. The molecule has 5 aromatic rings. The van der Waals surface area contributed by atoms with Crippen LogP contribution in [0.15, 0.2) is 84.9 Å². The highest BCUT2D eigenvalue weighted by Gasteiger charge is 2.35. The fourth-order valence-corrected chi connectivity index (χ4v) is 7.56. The molecule has 53 heavy (non-hydrogen) atoms. The summed E-state index contributed by atoms with van der Waals surface area (Å²) in [4.78, 5) is 35.4. The van der Waals surface area contributed by atoms with Crippen LogP contribution in [0.3, 0.4) is 0 Å². The van der Waals surface area contributed by atoms with Crippen molar-refractivity contribution in [2.24, 2.45) is 7.05 Å². The molecule has 3 aliphatic heterocycles. The van der Waals surface area contributed by atoms with Crippen LogP contribution in [-0.4, -0.2) is 77.0 Å². The standard InChI is InChI=1S/C42H41FN4O6/c1-26-8-9-31(19-37(26)43)47(30-10-12-33(48)13-11-30)42(50)34-20-38(44(3)27(34)2)35-21-39-40(53-25-52-39)22-36(35)41(49)46-23-29-7-5-4-6-28(29)18-32(46)24-45-14-16-51-17-15-45/h4-13,19-22,32,48H,14-18,23-25H2,1-3H3/t32-/m0/s1. The van der Waals surface area contributed by atoms with Gasteiger partial charge in [-0.05, 0) is 91.6 Å². The lowest BCUT2D eigenvalue weighted by Gasteiger charge is -2.40. The monoisotopic (exact) mass is 716 g/mol. The quantitative estimate of drug-likeness (QED) is 0.199. The van der Waals surface area contributed by atoms with E-state index in [1.54, 1.807) is 43.3 Å². The number of benzene rings is 4. The normalized spacial score (nSPS) is 16.8. The molecule has 10 nitrogen and oxygen atoms in total. The number of nitrogens with zero attached hydrogens (tertiary/aromatic N) is 4. The third kappa shape index (κ3) is 6.51. The van der Waals surface area contributed by atoms with Gasteiger partial charge in [-0.3, -0.25) is 19.4 Å². The molecular formula is C42H41FN4O6. The molecule has 11 heteroatoms. The Morgan fingerprint density at radius 1 is 0.868 bits per heavy atom. The van der Waals surface area contributed by atoms with Gasteiger partial charge in [-0.15, -0.1) is 0 Å². The van der Waals surface area contributed by atoms with Gasteiger partial charge in [0.1, 0.15) is 11.6 Å². The maximum atomic E-state index is 15.0. The van der Waals surface area contributed by atoms with Gasteiger partial charge in [0.25, 0.3) is 11.8 Å². The Kier molecular flexibility index (Phi) is 9.13. The van der Waals surface area contributed by atoms with E-state index in [2.05, 4.69) is 17.0 Å². The first kappa shape index (κ1) is 34.4. The molecule has 0 spiro atoms. The highest BCUT2D eigenvalue weighted by molar-refractivity contribution is 6.12. The molecule has 0 bridgehead atoms. The van der Waals surface area contributed by atoms with Crippen LogP contribution >= 0.6 is 0 Å². The molecule has 0 radical (unpaired) electrons. The summed E-state index contributed by atoms with van der Waals surface area (Å²) in [6.07, 6.45) is 0.730. The summed E-state index contributed by atoms with van der Waals surface area (Å²) in [5.41, 5.74) is 6.30. The molecule has 1 saturated heterocycles. The number of amides is 2. The van der Waals surface area contributed by atoms with E-state index in [4.69, 9.17) is 14.2 Å². The Labute approximate surface area is 307 Å². The van der Waals surface area contributed by atoms with Gasteiger partial charge >= 0.3 is 0 Å². The second-order valence-corrected chi connectivity index (χ2v) is 13.9. The first-order chi connectivity index (χ1) is 25.7. The van der Waals surface area contributed by atoms with Crippen LogP contribution in [0.1, 0.15) is 43.1 Å². The smallest absolute Gasteiger partial charge is 0.264 e. The molecular weight excluding hydrogens is 675 g/mol. The number of aromatic nitrogens is 1. The summed E-state index contributed by atoms with van der Waals surface area (Å²) in [7, 11) is 1.86. The number of phenols is 1. The van der Waals surface area contributed by atoms with E-state index in [-0.39, 0.29) is 24.5 Å². The molecule has 4 heterocycles. The minimum absolute atomic E-state index is 0.0355. The van der Waals surface area contributed by atoms with Crippen molar-refractivity contribution in [3.05, 3.63) is 124 Å². The number of anilines is 2. The van der Waals surface area contributed by atoms with E-state index in [9.17, 15) is 14.3 Å². The summed E-state index contributed by atoms with van der Waals surface area (Å²) in [6, 6.07) is 24.4. The zero-order valence-electron chi connectivity index (χ0n) is 30.0. The van der Waals surface area contributed by atoms with Gasteiger partial charge < -0.3 is 28.8 Å². The molecule has 0 saturated carbocycles. The fourth-order valence-electron chi connectivity index (χ4n) is 7.56. The van der Waals surface area contributed by atoms with Gasteiger partial charge in [0.15, 0.2) is 11.5 Å². The van der Waals surface area contributed by atoms with Crippen LogP contribution in [0.25, 0.3) is 11.3 Å². The first-order valence-corrected chi connectivity index (χ1v) is 17.8. The second kappa shape index (κ2) is 14.1. The van der Waals surface area contributed by atoms with Gasteiger partial charge in [-0.2, -0.15) is 0 Å². The average molecular weight is 717 g/mol. The lowest BCUT2D eigenvalue weighted by molar-refractivity contribution is 0.0193. The zero-order chi connectivity index (χ0) is 36.8. The number of carbonyl (C=O) groups is 2. The summed E-state index contributed by atoms with van der Waals surface area (Å²) in [5, 5.41) is 10.0. The van der Waals surface area contributed by atoms with E-state index >= 15 is 4.79 Å². The van der Waals surface area contributed by atoms with Crippen LogP contribution < -0.4 is 14.4 Å². The number of hydrogen-bond acceptors (Lipinski definition) is 7. The molecule has 2 amide bonds. The topological polar surface area (TPSA) is 96.7 Å². The van der Waals surface area contributed by atoms with E-state index in [0.29, 0.717) is 76.3 Å². The van der Waals surface area contributed by atoms with Crippen LogP contribution in [0.4, 0.5) is 15.8 Å². The predicted octanol–water partition coefficient (Wildman–Crippen LogP) is 6.76. The number of hydrogen-bond donors (Lipinski definition) is 1. The number of rotatable bonds is 7. The molecule has 0 aliphatic carbocycles. The van der Waals surface area contributed by atoms with Crippen molar-refractivity contribution in [2.75, 3.05) is 44.5 Å². The summed E-state index contributed by atoms with van der Waals surface area (Å²) in [6.45, 7) is 7.68. The molecule has 3 aliphatic rings. The molecule has 4 aromatic carbocycles.